The quantitative estimate of drug-likeness (QED) is 0.173. The van der Waals surface area contributed by atoms with E-state index in [9.17, 15) is 0 Å². The van der Waals surface area contributed by atoms with Crippen LogP contribution in [0.1, 0.15) is 0 Å². The molecule has 0 spiro atoms. The van der Waals surface area contributed by atoms with Crippen LogP contribution in [0.25, 0.3) is 66.4 Å². The van der Waals surface area contributed by atoms with E-state index < -0.39 is 0 Å². The van der Waals surface area contributed by atoms with Crippen molar-refractivity contribution in [2.24, 2.45) is 0 Å². The van der Waals surface area contributed by atoms with Crippen molar-refractivity contribution in [3.8, 4) is 44.7 Å². The minimum Gasteiger partial charge on any atom is -0.456 e. The van der Waals surface area contributed by atoms with Gasteiger partial charge in [-0.1, -0.05) is 152 Å². The van der Waals surface area contributed by atoms with Crippen LogP contribution >= 0.6 is 0 Å². The van der Waals surface area contributed by atoms with Crippen LogP contribution < -0.4 is 4.90 Å². The number of hydrogen-bond donors (Lipinski definition) is 0. The van der Waals surface area contributed by atoms with Crippen LogP contribution in [-0.4, -0.2) is 0 Å². The average molecular weight is 640 g/mol. The lowest BCUT2D eigenvalue weighted by Gasteiger charge is -2.28. The number of rotatable bonds is 7. The SMILES string of the molecule is c1ccc(-c2ccccc2N(c2ccc(-c3ccc(-c4cccc(-c5cc6ccccc6o5)c4)cc3)cc2)c2ccc3ccccc3c2)cc1. The Hall–Kier alpha value is -6.64. The highest BCUT2D eigenvalue weighted by Gasteiger charge is 2.18. The minimum absolute atomic E-state index is 0.883. The summed E-state index contributed by atoms with van der Waals surface area (Å²) in [6.45, 7) is 0. The first-order valence-corrected chi connectivity index (χ1v) is 17.0. The summed E-state index contributed by atoms with van der Waals surface area (Å²) in [7, 11) is 0. The maximum absolute atomic E-state index is 6.15. The van der Waals surface area contributed by atoms with Crippen LogP contribution in [0.5, 0.6) is 0 Å². The van der Waals surface area contributed by atoms with Gasteiger partial charge in [-0.2, -0.15) is 0 Å². The summed E-state index contributed by atoms with van der Waals surface area (Å²) in [5.41, 5.74) is 12.4. The second-order valence-corrected chi connectivity index (χ2v) is 12.6. The topological polar surface area (TPSA) is 16.4 Å². The Labute approximate surface area is 292 Å². The fraction of sp³-hybridized carbons (Fsp3) is 0. The summed E-state index contributed by atoms with van der Waals surface area (Å²) < 4.78 is 6.15. The van der Waals surface area contributed by atoms with Crippen molar-refractivity contribution < 1.29 is 4.42 Å². The third kappa shape index (κ3) is 5.63. The zero-order valence-electron chi connectivity index (χ0n) is 27.4. The van der Waals surface area contributed by atoms with E-state index in [1.807, 2.05) is 18.2 Å². The van der Waals surface area contributed by atoms with E-state index in [-0.39, 0.29) is 0 Å². The van der Waals surface area contributed by atoms with Crippen LogP contribution in [0, 0.1) is 0 Å². The standard InChI is InChI=1S/C48H33NO/c1-2-12-38(13-3-1)45-18-7-8-19-46(45)49(44-30-27-34-11-4-5-14-40(34)32-44)43-28-25-36(26-29-43)35-21-23-37(24-22-35)39-16-10-17-41(31-39)48-33-42-15-6-9-20-47(42)50-48/h1-33H. The molecule has 9 rings (SSSR count). The van der Waals surface area contributed by atoms with Crippen molar-refractivity contribution in [2.45, 2.75) is 0 Å². The van der Waals surface area contributed by atoms with E-state index in [0.29, 0.717) is 0 Å². The molecular formula is C48H33NO. The zero-order valence-corrected chi connectivity index (χ0v) is 27.4. The second-order valence-electron chi connectivity index (χ2n) is 12.6. The van der Waals surface area contributed by atoms with E-state index in [1.165, 1.54) is 38.6 Å². The highest BCUT2D eigenvalue weighted by molar-refractivity contribution is 5.93. The fourth-order valence-corrected chi connectivity index (χ4v) is 6.91. The number of furan rings is 1. The lowest BCUT2D eigenvalue weighted by atomic mass is 9.98. The Bertz CT molecular complexity index is 2550. The average Bonchev–Trinajstić information content (AvgIpc) is 3.64. The molecule has 0 aliphatic heterocycles. The van der Waals surface area contributed by atoms with Gasteiger partial charge in [0.15, 0.2) is 0 Å². The van der Waals surface area contributed by atoms with Gasteiger partial charge in [-0.3, -0.25) is 0 Å². The molecule has 0 aliphatic rings. The molecule has 0 saturated carbocycles. The summed E-state index contributed by atoms with van der Waals surface area (Å²) in [5.74, 6) is 0.883. The molecule has 0 radical (unpaired) electrons. The predicted molar refractivity (Wildman–Crippen MR) is 210 cm³/mol. The number of nitrogens with zero attached hydrogens (tertiary/aromatic N) is 1. The van der Waals surface area contributed by atoms with Crippen molar-refractivity contribution in [1.82, 2.24) is 0 Å². The van der Waals surface area contributed by atoms with E-state index in [4.69, 9.17) is 4.42 Å². The molecule has 0 aliphatic carbocycles. The van der Waals surface area contributed by atoms with Gasteiger partial charge in [0.2, 0.25) is 0 Å². The zero-order chi connectivity index (χ0) is 33.3. The van der Waals surface area contributed by atoms with Gasteiger partial charge in [-0.05, 0) is 87.1 Å². The molecule has 0 amide bonds. The minimum atomic E-state index is 0.883. The summed E-state index contributed by atoms with van der Waals surface area (Å²) in [4.78, 5) is 2.37. The second kappa shape index (κ2) is 12.8. The molecule has 0 fully saturated rings. The maximum Gasteiger partial charge on any atom is 0.135 e. The number of para-hydroxylation sites is 2. The van der Waals surface area contributed by atoms with Gasteiger partial charge in [0, 0.05) is 27.9 Å². The van der Waals surface area contributed by atoms with Crippen molar-refractivity contribution in [2.75, 3.05) is 4.90 Å². The molecule has 0 atom stereocenters. The fourth-order valence-electron chi connectivity index (χ4n) is 6.91. The van der Waals surface area contributed by atoms with Crippen LogP contribution in [-0.2, 0) is 0 Å². The first-order valence-electron chi connectivity index (χ1n) is 17.0. The lowest BCUT2D eigenvalue weighted by Crippen LogP contribution is -2.11. The highest BCUT2D eigenvalue weighted by Crippen LogP contribution is 2.42. The molecule has 2 heteroatoms. The van der Waals surface area contributed by atoms with Gasteiger partial charge in [0.25, 0.3) is 0 Å². The van der Waals surface area contributed by atoms with E-state index in [2.05, 4.69) is 187 Å². The van der Waals surface area contributed by atoms with Crippen LogP contribution in [0.3, 0.4) is 0 Å². The Balaban J connectivity index is 1.05. The molecule has 236 valence electrons. The lowest BCUT2D eigenvalue weighted by molar-refractivity contribution is 0.631. The van der Waals surface area contributed by atoms with Crippen molar-refractivity contribution in [3.05, 3.63) is 200 Å². The first kappa shape index (κ1) is 29.5. The normalized spacial score (nSPS) is 11.2. The molecule has 1 heterocycles. The summed E-state index contributed by atoms with van der Waals surface area (Å²) in [6, 6.07) is 71.1. The molecule has 9 aromatic rings. The monoisotopic (exact) mass is 639 g/mol. The molecular weight excluding hydrogens is 607 g/mol. The van der Waals surface area contributed by atoms with Gasteiger partial charge in [-0.25, -0.2) is 0 Å². The van der Waals surface area contributed by atoms with Crippen molar-refractivity contribution in [1.29, 1.82) is 0 Å². The Morgan fingerprint density at radius 3 is 1.68 bits per heavy atom. The van der Waals surface area contributed by atoms with Crippen LogP contribution in [0.15, 0.2) is 205 Å². The van der Waals surface area contributed by atoms with E-state index in [0.717, 1.165) is 44.9 Å². The number of fused-ring (bicyclic) bond motifs is 2. The van der Waals surface area contributed by atoms with E-state index in [1.54, 1.807) is 0 Å². The number of benzene rings is 8. The van der Waals surface area contributed by atoms with E-state index >= 15 is 0 Å². The molecule has 0 N–H and O–H groups in total. The summed E-state index contributed by atoms with van der Waals surface area (Å²) in [6.07, 6.45) is 0. The third-order valence-corrected chi connectivity index (χ3v) is 9.47. The van der Waals surface area contributed by atoms with Gasteiger partial charge < -0.3 is 9.32 Å². The van der Waals surface area contributed by atoms with Crippen LogP contribution in [0.4, 0.5) is 17.1 Å². The Kier molecular flexibility index (Phi) is 7.53. The summed E-state index contributed by atoms with van der Waals surface area (Å²) >= 11 is 0. The van der Waals surface area contributed by atoms with Gasteiger partial charge in [0.1, 0.15) is 11.3 Å². The number of hydrogen-bond acceptors (Lipinski definition) is 2. The molecule has 0 bridgehead atoms. The van der Waals surface area contributed by atoms with Crippen molar-refractivity contribution in [3.63, 3.8) is 0 Å². The largest absolute Gasteiger partial charge is 0.456 e. The van der Waals surface area contributed by atoms with Crippen molar-refractivity contribution >= 4 is 38.8 Å². The summed E-state index contributed by atoms with van der Waals surface area (Å²) in [5, 5.41) is 3.56. The molecule has 2 nitrogen and oxygen atoms in total. The van der Waals surface area contributed by atoms with Gasteiger partial charge in [0.05, 0.1) is 5.69 Å². The maximum atomic E-state index is 6.15. The molecule has 0 saturated heterocycles. The first-order chi connectivity index (χ1) is 24.8. The van der Waals surface area contributed by atoms with Crippen LogP contribution in [0.2, 0.25) is 0 Å². The molecule has 1 aromatic heterocycles. The smallest absolute Gasteiger partial charge is 0.135 e. The molecule has 8 aromatic carbocycles. The molecule has 50 heavy (non-hydrogen) atoms. The molecule has 0 unspecified atom stereocenters. The Morgan fingerprint density at radius 1 is 0.320 bits per heavy atom. The highest BCUT2D eigenvalue weighted by atomic mass is 16.3. The third-order valence-electron chi connectivity index (χ3n) is 9.47. The predicted octanol–water partition coefficient (Wildman–Crippen LogP) is 13.7. The van der Waals surface area contributed by atoms with Gasteiger partial charge in [-0.15, -0.1) is 0 Å². The number of anilines is 3. The van der Waals surface area contributed by atoms with Gasteiger partial charge >= 0.3 is 0 Å². The Morgan fingerprint density at radius 2 is 0.900 bits per heavy atom.